The van der Waals surface area contributed by atoms with Crippen LogP contribution < -0.4 is 5.32 Å². The predicted octanol–water partition coefficient (Wildman–Crippen LogP) is 2.93. The van der Waals surface area contributed by atoms with Crippen molar-refractivity contribution in [2.75, 3.05) is 17.6 Å². The first-order chi connectivity index (χ1) is 8.53. The average Bonchev–Trinajstić information content (AvgIpc) is 2.31. The Morgan fingerprint density at radius 1 is 1.26 bits per heavy atom. The van der Waals surface area contributed by atoms with Gasteiger partial charge in [-0.15, -0.1) is 0 Å². The number of benzene rings is 1. The highest BCUT2D eigenvalue weighted by atomic mass is 32.2. The minimum Gasteiger partial charge on any atom is -0.383 e. The molecule has 0 atom stereocenters. The van der Waals surface area contributed by atoms with Gasteiger partial charge in [-0.1, -0.05) is 19.9 Å². The number of fused-ring (bicyclic) bond motifs is 1. The number of halogens is 3. The molecule has 0 radical (unpaired) electrons. The summed E-state index contributed by atoms with van der Waals surface area (Å²) in [6.07, 6.45) is -4.69. The van der Waals surface area contributed by atoms with E-state index < -0.39 is 31.9 Å². The fourth-order valence-corrected chi connectivity index (χ4v) is 4.48. The Labute approximate surface area is 109 Å². The van der Waals surface area contributed by atoms with Gasteiger partial charge in [-0.2, -0.15) is 13.2 Å². The molecule has 0 aromatic heterocycles. The van der Waals surface area contributed by atoms with E-state index >= 15 is 0 Å². The molecule has 0 saturated carbocycles. The Balaban J connectivity index is 2.72. The van der Waals surface area contributed by atoms with Crippen LogP contribution >= 0.6 is 0 Å². The van der Waals surface area contributed by atoms with E-state index in [0.29, 0.717) is 6.54 Å². The number of alkyl halides is 3. The molecule has 0 unspecified atom stereocenters. The molecular formula is C12H14F3NO2S. The molecule has 3 nitrogen and oxygen atoms in total. The zero-order valence-corrected chi connectivity index (χ0v) is 11.3. The Bertz CT molecular complexity index is 606. The summed E-state index contributed by atoms with van der Waals surface area (Å²) in [7, 11) is -3.98. The van der Waals surface area contributed by atoms with Crippen LogP contribution in [0.2, 0.25) is 0 Å². The van der Waals surface area contributed by atoms with E-state index in [2.05, 4.69) is 5.32 Å². The van der Waals surface area contributed by atoms with Crippen molar-refractivity contribution < 1.29 is 21.6 Å². The highest BCUT2D eigenvalue weighted by Gasteiger charge is 2.41. The zero-order chi connectivity index (χ0) is 14.5. The molecule has 0 amide bonds. The normalized spacial score (nSPS) is 21.1. The molecule has 7 heteroatoms. The summed E-state index contributed by atoms with van der Waals surface area (Å²) >= 11 is 0. The molecule has 1 heterocycles. The number of sulfone groups is 1. The van der Waals surface area contributed by atoms with Gasteiger partial charge < -0.3 is 5.32 Å². The maximum Gasteiger partial charge on any atom is 0.417 e. The average molecular weight is 293 g/mol. The van der Waals surface area contributed by atoms with E-state index in [4.69, 9.17) is 0 Å². The summed E-state index contributed by atoms with van der Waals surface area (Å²) in [5.41, 5.74) is -1.70. The van der Waals surface area contributed by atoms with Gasteiger partial charge in [0.2, 0.25) is 0 Å². The lowest BCUT2D eigenvalue weighted by Crippen LogP contribution is -2.28. The van der Waals surface area contributed by atoms with Crippen molar-refractivity contribution in [2.24, 2.45) is 5.41 Å². The third-order valence-corrected chi connectivity index (χ3v) is 5.19. The fraction of sp³-hybridized carbons (Fsp3) is 0.500. The van der Waals surface area contributed by atoms with Crippen LogP contribution in [0.5, 0.6) is 0 Å². The lowest BCUT2D eigenvalue weighted by atomic mass is 9.96. The first-order valence-electron chi connectivity index (χ1n) is 5.70. The number of hydrogen-bond donors (Lipinski definition) is 1. The molecule has 2 rings (SSSR count). The molecule has 106 valence electrons. The minimum absolute atomic E-state index is 0.0281. The van der Waals surface area contributed by atoms with E-state index in [9.17, 15) is 21.6 Å². The zero-order valence-electron chi connectivity index (χ0n) is 10.5. The molecule has 0 bridgehead atoms. The molecule has 1 N–H and O–H groups in total. The highest BCUT2D eigenvalue weighted by Crippen LogP contribution is 2.41. The van der Waals surface area contributed by atoms with Gasteiger partial charge >= 0.3 is 6.18 Å². The number of rotatable bonds is 0. The Morgan fingerprint density at radius 2 is 1.89 bits per heavy atom. The Kier molecular flexibility index (Phi) is 3.08. The lowest BCUT2D eigenvalue weighted by molar-refractivity contribution is -0.139. The molecular weight excluding hydrogens is 279 g/mol. The van der Waals surface area contributed by atoms with Crippen LogP contribution in [0, 0.1) is 5.41 Å². The molecule has 0 aliphatic carbocycles. The van der Waals surface area contributed by atoms with E-state index in [-0.39, 0.29) is 11.4 Å². The van der Waals surface area contributed by atoms with Crippen LogP contribution in [0.25, 0.3) is 0 Å². The summed E-state index contributed by atoms with van der Waals surface area (Å²) in [5, 5.41) is 2.80. The SMILES string of the molecule is CC1(C)CNc2cccc(C(F)(F)F)c2S(=O)(=O)C1. The van der Waals surface area contributed by atoms with E-state index in [1.54, 1.807) is 13.8 Å². The summed E-state index contributed by atoms with van der Waals surface area (Å²) in [6, 6.07) is 3.38. The van der Waals surface area contributed by atoms with Gasteiger partial charge in [0, 0.05) is 6.54 Å². The van der Waals surface area contributed by atoms with Crippen LogP contribution in [0.4, 0.5) is 18.9 Å². The van der Waals surface area contributed by atoms with E-state index in [1.807, 2.05) is 0 Å². The van der Waals surface area contributed by atoms with Gasteiger partial charge in [0.1, 0.15) is 4.90 Å². The van der Waals surface area contributed by atoms with Crippen molar-refractivity contribution in [3.63, 3.8) is 0 Å². The van der Waals surface area contributed by atoms with Crippen LogP contribution in [-0.2, 0) is 16.0 Å². The monoisotopic (exact) mass is 293 g/mol. The van der Waals surface area contributed by atoms with Crippen LogP contribution in [0.15, 0.2) is 23.1 Å². The first-order valence-corrected chi connectivity index (χ1v) is 7.35. The summed E-state index contributed by atoms with van der Waals surface area (Å²) in [5.74, 6) is -0.312. The first kappa shape index (κ1) is 14.2. The molecule has 19 heavy (non-hydrogen) atoms. The fourth-order valence-electron chi connectivity index (χ4n) is 2.21. The summed E-state index contributed by atoms with van der Waals surface area (Å²) < 4.78 is 63.3. The van der Waals surface area contributed by atoms with Crippen molar-refractivity contribution in [3.8, 4) is 0 Å². The summed E-state index contributed by atoms with van der Waals surface area (Å²) in [6.45, 7) is 3.72. The smallest absolute Gasteiger partial charge is 0.383 e. The quantitative estimate of drug-likeness (QED) is 0.800. The van der Waals surface area contributed by atoms with Gasteiger partial charge in [-0.05, 0) is 17.5 Å². The molecule has 1 aliphatic rings. The van der Waals surface area contributed by atoms with Gasteiger partial charge in [0.25, 0.3) is 0 Å². The molecule has 1 aliphatic heterocycles. The van der Waals surface area contributed by atoms with Crippen LogP contribution in [0.3, 0.4) is 0 Å². The maximum absolute atomic E-state index is 13.0. The standard InChI is InChI=1S/C12H14F3NO2S/c1-11(2)6-16-9-5-3-4-8(12(13,14)15)10(9)19(17,18)7-11/h3-5,16H,6-7H2,1-2H3. The third-order valence-electron chi connectivity index (χ3n) is 2.97. The number of hydrogen-bond acceptors (Lipinski definition) is 3. The summed E-state index contributed by atoms with van der Waals surface area (Å²) in [4.78, 5) is -0.631. The molecule has 0 saturated heterocycles. The van der Waals surface area contributed by atoms with Gasteiger partial charge in [-0.25, -0.2) is 8.42 Å². The largest absolute Gasteiger partial charge is 0.417 e. The molecule has 1 aromatic rings. The van der Waals surface area contributed by atoms with E-state index in [0.717, 1.165) is 6.07 Å². The molecule has 0 spiro atoms. The maximum atomic E-state index is 13.0. The minimum atomic E-state index is -4.69. The second-order valence-electron chi connectivity index (χ2n) is 5.46. The highest BCUT2D eigenvalue weighted by molar-refractivity contribution is 7.91. The van der Waals surface area contributed by atoms with Crippen molar-refractivity contribution >= 4 is 15.5 Å². The van der Waals surface area contributed by atoms with Crippen molar-refractivity contribution in [1.29, 1.82) is 0 Å². The second kappa shape index (κ2) is 4.13. The molecule has 1 aromatic carbocycles. The van der Waals surface area contributed by atoms with Crippen molar-refractivity contribution in [3.05, 3.63) is 23.8 Å². The Hall–Kier alpha value is -1.24. The topological polar surface area (TPSA) is 46.2 Å². The van der Waals surface area contributed by atoms with Crippen LogP contribution in [-0.4, -0.2) is 20.7 Å². The van der Waals surface area contributed by atoms with Crippen LogP contribution in [0.1, 0.15) is 19.4 Å². The lowest BCUT2D eigenvalue weighted by Gasteiger charge is -2.21. The third kappa shape index (κ3) is 2.70. The number of nitrogens with one attached hydrogen (secondary N) is 1. The van der Waals surface area contributed by atoms with Gasteiger partial charge in [0.15, 0.2) is 9.84 Å². The second-order valence-corrected chi connectivity index (χ2v) is 7.38. The van der Waals surface area contributed by atoms with Crippen molar-refractivity contribution in [2.45, 2.75) is 24.9 Å². The van der Waals surface area contributed by atoms with Crippen molar-refractivity contribution in [1.82, 2.24) is 0 Å². The molecule has 0 fully saturated rings. The number of anilines is 1. The van der Waals surface area contributed by atoms with Gasteiger partial charge in [-0.3, -0.25) is 0 Å². The Morgan fingerprint density at radius 3 is 2.47 bits per heavy atom. The van der Waals surface area contributed by atoms with Gasteiger partial charge in [0.05, 0.1) is 17.0 Å². The van der Waals surface area contributed by atoms with E-state index in [1.165, 1.54) is 12.1 Å². The predicted molar refractivity (Wildman–Crippen MR) is 65.8 cm³/mol.